The molecule has 0 radical (unpaired) electrons. The number of imide groups is 2. The summed E-state index contributed by atoms with van der Waals surface area (Å²) in [5, 5.41) is 7.50. The number of hydrogen-bond acceptors (Lipinski definition) is 4. The molecule has 25 heavy (non-hydrogen) atoms. The van der Waals surface area contributed by atoms with Crippen LogP contribution in [0.2, 0.25) is 0 Å². The van der Waals surface area contributed by atoms with Crippen molar-refractivity contribution in [3.05, 3.63) is 0 Å². The van der Waals surface area contributed by atoms with Crippen LogP contribution < -0.4 is 16.0 Å². The average Bonchev–Trinajstić information content (AvgIpc) is 2.74. The highest BCUT2D eigenvalue weighted by atomic mass is 16.2. The van der Waals surface area contributed by atoms with Gasteiger partial charge in [-0.1, -0.05) is 46.0 Å². The lowest BCUT2D eigenvalue weighted by molar-refractivity contribution is -0.135. The molecule has 6 amide bonds. The standard InChI is InChI=1S/C17H28N4O4/c1-12(2)10-18-15(24)19-13(22)11-21-14(23)17(20-16(21)25)8-6-4-3-5-7-9-17/h12H,3-11H2,1-2H3,(H,20,25)(H2,18,19,22,24). The summed E-state index contributed by atoms with van der Waals surface area (Å²) in [4.78, 5) is 49.5. The molecule has 0 atom stereocenters. The number of hydrogen-bond donors (Lipinski definition) is 3. The smallest absolute Gasteiger partial charge is 0.325 e. The molecular formula is C17H28N4O4. The van der Waals surface area contributed by atoms with E-state index in [0.717, 1.165) is 37.0 Å². The van der Waals surface area contributed by atoms with Crippen LogP contribution in [-0.4, -0.2) is 47.4 Å². The van der Waals surface area contributed by atoms with E-state index in [0.29, 0.717) is 19.4 Å². The van der Waals surface area contributed by atoms with E-state index in [4.69, 9.17) is 0 Å². The van der Waals surface area contributed by atoms with Gasteiger partial charge in [0.05, 0.1) is 0 Å². The molecule has 2 aliphatic rings. The summed E-state index contributed by atoms with van der Waals surface area (Å²) in [5.74, 6) is -0.768. The lowest BCUT2D eigenvalue weighted by atomic mass is 9.84. The fourth-order valence-electron chi connectivity index (χ4n) is 3.32. The molecule has 2 fully saturated rings. The summed E-state index contributed by atoms with van der Waals surface area (Å²) in [6.07, 6.45) is 6.20. The van der Waals surface area contributed by atoms with Gasteiger partial charge in [-0.25, -0.2) is 9.59 Å². The van der Waals surface area contributed by atoms with Gasteiger partial charge in [0.2, 0.25) is 5.91 Å². The topological polar surface area (TPSA) is 108 Å². The summed E-state index contributed by atoms with van der Waals surface area (Å²) in [6.45, 7) is 3.86. The number of nitrogens with one attached hydrogen (secondary N) is 3. The Morgan fingerprint density at radius 2 is 1.72 bits per heavy atom. The van der Waals surface area contributed by atoms with Crippen molar-refractivity contribution in [3.63, 3.8) is 0 Å². The Labute approximate surface area is 148 Å². The molecular weight excluding hydrogens is 324 g/mol. The molecule has 0 aromatic carbocycles. The molecule has 3 N–H and O–H groups in total. The van der Waals surface area contributed by atoms with Crippen molar-refractivity contribution >= 4 is 23.9 Å². The molecule has 0 aromatic rings. The first-order valence-corrected chi connectivity index (χ1v) is 9.06. The third-order valence-corrected chi connectivity index (χ3v) is 4.68. The third kappa shape index (κ3) is 4.93. The van der Waals surface area contributed by atoms with Crippen LogP contribution in [0.4, 0.5) is 9.59 Å². The molecule has 8 heteroatoms. The van der Waals surface area contributed by atoms with Gasteiger partial charge in [-0.05, 0) is 18.8 Å². The van der Waals surface area contributed by atoms with Crippen LogP contribution in [0.3, 0.4) is 0 Å². The van der Waals surface area contributed by atoms with Gasteiger partial charge in [0.25, 0.3) is 5.91 Å². The fraction of sp³-hybridized carbons (Fsp3) is 0.765. The molecule has 1 heterocycles. The van der Waals surface area contributed by atoms with Gasteiger partial charge in [-0.2, -0.15) is 0 Å². The van der Waals surface area contributed by atoms with Crippen molar-refractivity contribution in [3.8, 4) is 0 Å². The lowest BCUT2D eigenvalue weighted by Gasteiger charge is -2.28. The number of amides is 6. The van der Waals surface area contributed by atoms with Crippen LogP contribution >= 0.6 is 0 Å². The monoisotopic (exact) mass is 352 g/mol. The molecule has 1 aliphatic heterocycles. The third-order valence-electron chi connectivity index (χ3n) is 4.68. The number of rotatable bonds is 4. The zero-order chi connectivity index (χ0) is 18.4. The molecule has 0 aromatic heterocycles. The van der Waals surface area contributed by atoms with Gasteiger partial charge in [-0.15, -0.1) is 0 Å². The van der Waals surface area contributed by atoms with Crippen molar-refractivity contribution < 1.29 is 19.2 Å². The summed E-state index contributed by atoms with van der Waals surface area (Å²) in [7, 11) is 0. The lowest BCUT2D eigenvalue weighted by Crippen LogP contribution is -2.49. The summed E-state index contributed by atoms with van der Waals surface area (Å²) < 4.78 is 0. The second-order valence-electron chi connectivity index (χ2n) is 7.32. The minimum absolute atomic E-state index is 0.256. The Morgan fingerprint density at radius 3 is 2.32 bits per heavy atom. The molecule has 1 saturated carbocycles. The maximum atomic E-state index is 12.8. The van der Waals surface area contributed by atoms with Gasteiger partial charge in [0.1, 0.15) is 12.1 Å². The zero-order valence-electron chi connectivity index (χ0n) is 15.0. The van der Waals surface area contributed by atoms with E-state index in [9.17, 15) is 19.2 Å². The second kappa shape index (κ2) is 8.31. The summed E-state index contributed by atoms with van der Waals surface area (Å²) in [6, 6.07) is -1.17. The molecule has 1 spiro atoms. The van der Waals surface area contributed by atoms with Gasteiger partial charge >= 0.3 is 12.1 Å². The number of urea groups is 2. The van der Waals surface area contributed by atoms with Crippen LogP contribution in [0, 0.1) is 5.92 Å². The first kappa shape index (κ1) is 19.2. The molecule has 1 aliphatic carbocycles. The molecule has 0 unspecified atom stereocenters. The van der Waals surface area contributed by atoms with Crippen molar-refractivity contribution in [1.29, 1.82) is 0 Å². The Morgan fingerprint density at radius 1 is 1.12 bits per heavy atom. The van der Waals surface area contributed by atoms with Crippen LogP contribution in [0.5, 0.6) is 0 Å². The quantitative estimate of drug-likeness (QED) is 0.666. The largest absolute Gasteiger partial charge is 0.338 e. The van der Waals surface area contributed by atoms with Crippen molar-refractivity contribution in [1.82, 2.24) is 20.9 Å². The second-order valence-corrected chi connectivity index (χ2v) is 7.32. The minimum Gasteiger partial charge on any atom is -0.338 e. The Hall–Kier alpha value is -2.12. The van der Waals surface area contributed by atoms with E-state index < -0.39 is 30.1 Å². The van der Waals surface area contributed by atoms with E-state index >= 15 is 0 Å². The van der Waals surface area contributed by atoms with E-state index in [1.807, 2.05) is 13.8 Å². The summed E-state index contributed by atoms with van der Waals surface area (Å²) in [5.41, 5.74) is -0.877. The fourth-order valence-corrected chi connectivity index (χ4v) is 3.32. The van der Waals surface area contributed by atoms with Crippen molar-refractivity contribution in [2.45, 2.75) is 64.3 Å². The van der Waals surface area contributed by atoms with Gasteiger partial charge in [0, 0.05) is 6.54 Å². The first-order chi connectivity index (χ1) is 11.8. The summed E-state index contributed by atoms with van der Waals surface area (Å²) >= 11 is 0. The molecule has 0 bridgehead atoms. The Kier molecular flexibility index (Phi) is 6.39. The zero-order valence-corrected chi connectivity index (χ0v) is 15.0. The van der Waals surface area contributed by atoms with Gasteiger partial charge in [0.15, 0.2) is 0 Å². The van der Waals surface area contributed by atoms with Crippen molar-refractivity contribution in [2.75, 3.05) is 13.1 Å². The number of carbonyl (C=O) groups excluding carboxylic acids is 4. The highest BCUT2D eigenvalue weighted by Gasteiger charge is 2.50. The highest BCUT2D eigenvalue weighted by molar-refractivity contribution is 6.10. The number of carbonyl (C=O) groups is 4. The predicted octanol–water partition coefficient (Wildman–Crippen LogP) is 1.50. The molecule has 1 saturated heterocycles. The van der Waals surface area contributed by atoms with Crippen LogP contribution in [0.1, 0.15) is 58.8 Å². The van der Waals surface area contributed by atoms with E-state index in [1.165, 1.54) is 0 Å². The Balaban J connectivity index is 1.93. The maximum absolute atomic E-state index is 12.8. The average molecular weight is 352 g/mol. The van der Waals surface area contributed by atoms with E-state index in [2.05, 4.69) is 16.0 Å². The van der Waals surface area contributed by atoms with Crippen LogP contribution in [-0.2, 0) is 9.59 Å². The Bertz CT molecular complexity index is 539. The predicted molar refractivity (Wildman–Crippen MR) is 91.7 cm³/mol. The number of nitrogens with zero attached hydrogens (tertiary/aromatic N) is 1. The van der Waals surface area contributed by atoms with Crippen LogP contribution in [0.25, 0.3) is 0 Å². The van der Waals surface area contributed by atoms with Gasteiger partial charge < -0.3 is 10.6 Å². The van der Waals surface area contributed by atoms with E-state index in [-0.39, 0.29) is 11.8 Å². The van der Waals surface area contributed by atoms with Gasteiger partial charge in [-0.3, -0.25) is 19.8 Å². The SMILES string of the molecule is CC(C)CNC(=O)NC(=O)CN1C(=O)NC2(CCCCCCC2)C1=O. The minimum atomic E-state index is -0.877. The van der Waals surface area contributed by atoms with Crippen LogP contribution in [0.15, 0.2) is 0 Å². The first-order valence-electron chi connectivity index (χ1n) is 9.06. The molecule has 8 nitrogen and oxygen atoms in total. The van der Waals surface area contributed by atoms with Crippen molar-refractivity contribution in [2.24, 2.45) is 5.92 Å². The van der Waals surface area contributed by atoms with E-state index in [1.54, 1.807) is 0 Å². The molecule has 2 rings (SSSR count). The highest BCUT2D eigenvalue weighted by Crippen LogP contribution is 2.31. The molecule has 140 valence electrons. The maximum Gasteiger partial charge on any atom is 0.325 e. The normalized spacial score (nSPS) is 20.2.